The Labute approximate surface area is 87.8 Å². The zero-order valence-electron chi connectivity index (χ0n) is 8.09. The van der Waals surface area contributed by atoms with Crippen molar-refractivity contribution in [1.82, 2.24) is 0 Å². The Morgan fingerprint density at radius 2 is 1.87 bits per heavy atom. The molecule has 0 fully saturated rings. The number of carbonyl (C=O) groups is 1. The quantitative estimate of drug-likeness (QED) is 0.560. The van der Waals surface area contributed by atoms with Gasteiger partial charge < -0.3 is 4.42 Å². The monoisotopic (exact) mass is 198 g/mol. The summed E-state index contributed by atoms with van der Waals surface area (Å²) in [6, 6.07) is 13.0. The van der Waals surface area contributed by atoms with E-state index in [1.54, 1.807) is 18.2 Å². The zero-order valence-corrected chi connectivity index (χ0v) is 8.09. The molecule has 2 heteroatoms. The fourth-order valence-electron chi connectivity index (χ4n) is 1.24. The third-order valence-corrected chi connectivity index (χ3v) is 1.99. The van der Waals surface area contributed by atoms with Crippen LogP contribution in [0, 0.1) is 0 Å². The Balaban J connectivity index is 2.10. The highest BCUT2D eigenvalue weighted by molar-refractivity contribution is 6.04. The summed E-state index contributed by atoms with van der Waals surface area (Å²) >= 11 is 0. The van der Waals surface area contributed by atoms with E-state index in [2.05, 4.69) is 0 Å². The zero-order chi connectivity index (χ0) is 10.5. The molecule has 0 saturated heterocycles. The third-order valence-electron chi connectivity index (χ3n) is 1.99. The first-order valence-corrected chi connectivity index (χ1v) is 4.67. The van der Waals surface area contributed by atoms with Crippen LogP contribution in [0.4, 0.5) is 0 Å². The van der Waals surface area contributed by atoms with Crippen LogP contribution in [0.2, 0.25) is 0 Å². The predicted octanol–water partition coefficient (Wildman–Crippen LogP) is 3.18. The van der Waals surface area contributed by atoms with Crippen molar-refractivity contribution in [3.05, 3.63) is 66.1 Å². The highest BCUT2D eigenvalue weighted by Gasteiger charge is 2.02. The molecule has 15 heavy (non-hydrogen) atoms. The van der Waals surface area contributed by atoms with E-state index in [1.165, 1.54) is 12.3 Å². The number of allylic oxidation sites excluding steroid dienone is 1. The maximum absolute atomic E-state index is 11.5. The summed E-state index contributed by atoms with van der Waals surface area (Å²) in [5.41, 5.74) is 0.998. The Hall–Kier alpha value is -2.09. The van der Waals surface area contributed by atoms with Gasteiger partial charge in [-0.25, -0.2) is 0 Å². The molecule has 0 amide bonds. The van der Waals surface area contributed by atoms with Crippen molar-refractivity contribution in [2.75, 3.05) is 0 Å². The molecule has 1 aromatic heterocycles. The molecule has 1 heterocycles. The minimum absolute atomic E-state index is 0.121. The molecule has 0 radical (unpaired) electrons. The summed E-state index contributed by atoms with van der Waals surface area (Å²) < 4.78 is 4.98. The summed E-state index contributed by atoms with van der Waals surface area (Å²) in [7, 11) is 0. The molecule has 2 nitrogen and oxygen atoms in total. The summed E-state index contributed by atoms with van der Waals surface area (Å²) in [5, 5.41) is 0. The average Bonchev–Trinajstić information content (AvgIpc) is 2.81. The standard InChI is InChI=1S/C13H10O2/c14-12(13-7-4-10-15-13)9-8-11-5-2-1-3-6-11/h1-10H. The molecule has 74 valence electrons. The van der Waals surface area contributed by atoms with Gasteiger partial charge in [-0.15, -0.1) is 0 Å². The van der Waals surface area contributed by atoms with E-state index in [1.807, 2.05) is 30.3 Å². The van der Waals surface area contributed by atoms with Crippen molar-refractivity contribution < 1.29 is 9.21 Å². The number of ketones is 1. The lowest BCUT2D eigenvalue weighted by atomic mass is 10.2. The maximum atomic E-state index is 11.5. The number of benzene rings is 1. The predicted molar refractivity (Wildman–Crippen MR) is 58.5 cm³/mol. The molecule has 2 aromatic rings. The third kappa shape index (κ3) is 2.44. The van der Waals surface area contributed by atoms with E-state index in [0.717, 1.165) is 5.56 Å². The van der Waals surface area contributed by atoms with Gasteiger partial charge in [0.15, 0.2) is 5.76 Å². The van der Waals surface area contributed by atoms with Gasteiger partial charge in [0, 0.05) is 0 Å². The van der Waals surface area contributed by atoms with E-state index < -0.39 is 0 Å². The number of hydrogen-bond acceptors (Lipinski definition) is 2. The van der Waals surface area contributed by atoms with Crippen LogP contribution < -0.4 is 0 Å². The lowest BCUT2D eigenvalue weighted by molar-refractivity contribution is 0.102. The van der Waals surface area contributed by atoms with Crippen molar-refractivity contribution >= 4 is 11.9 Å². The highest BCUT2D eigenvalue weighted by Crippen LogP contribution is 2.05. The average molecular weight is 198 g/mol. The second-order valence-electron chi connectivity index (χ2n) is 3.09. The molecular formula is C13H10O2. The Bertz CT molecular complexity index is 453. The normalized spacial score (nSPS) is 10.7. The van der Waals surface area contributed by atoms with E-state index in [9.17, 15) is 4.79 Å². The first-order valence-electron chi connectivity index (χ1n) is 4.67. The van der Waals surface area contributed by atoms with Crippen LogP contribution in [-0.2, 0) is 0 Å². The number of rotatable bonds is 3. The van der Waals surface area contributed by atoms with E-state index >= 15 is 0 Å². The molecule has 2 rings (SSSR count). The molecule has 0 unspecified atom stereocenters. The van der Waals surface area contributed by atoms with Gasteiger partial charge in [0.2, 0.25) is 5.78 Å². The van der Waals surface area contributed by atoms with Crippen molar-refractivity contribution in [2.24, 2.45) is 0 Å². The minimum Gasteiger partial charge on any atom is -0.461 e. The number of hydrogen-bond donors (Lipinski definition) is 0. The Morgan fingerprint density at radius 1 is 1.07 bits per heavy atom. The van der Waals surface area contributed by atoms with Gasteiger partial charge in [-0.1, -0.05) is 36.4 Å². The van der Waals surface area contributed by atoms with Crippen molar-refractivity contribution in [3.8, 4) is 0 Å². The second-order valence-corrected chi connectivity index (χ2v) is 3.09. The molecule has 0 aliphatic heterocycles. The molecule has 1 aromatic carbocycles. The van der Waals surface area contributed by atoms with Gasteiger partial charge in [0.1, 0.15) is 0 Å². The van der Waals surface area contributed by atoms with Gasteiger partial charge in [-0.3, -0.25) is 4.79 Å². The largest absolute Gasteiger partial charge is 0.461 e. The van der Waals surface area contributed by atoms with Crippen LogP contribution in [0.25, 0.3) is 6.08 Å². The SMILES string of the molecule is O=C(C=Cc1ccccc1)c1ccco1. The van der Waals surface area contributed by atoms with Crippen LogP contribution >= 0.6 is 0 Å². The smallest absolute Gasteiger partial charge is 0.221 e. The topological polar surface area (TPSA) is 30.2 Å². The van der Waals surface area contributed by atoms with Crippen molar-refractivity contribution in [2.45, 2.75) is 0 Å². The van der Waals surface area contributed by atoms with Crippen LogP contribution in [0.5, 0.6) is 0 Å². The fourth-order valence-corrected chi connectivity index (χ4v) is 1.24. The molecular weight excluding hydrogens is 188 g/mol. The summed E-state index contributed by atoms with van der Waals surface area (Å²) in [6.45, 7) is 0. The van der Waals surface area contributed by atoms with Crippen LogP contribution in [0.1, 0.15) is 16.1 Å². The lowest BCUT2D eigenvalue weighted by Crippen LogP contribution is -1.89. The van der Waals surface area contributed by atoms with Gasteiger partial charge in [0.05, 0.1) is 6.26 Å². The maximum Gasteiger partial charge on any atom is 0.221 e. The van der Waals surface area contributed by atoms with Gasteiger partial charge in [0.25, 0.3) is 0 Å². The van der Waals surface area contributed by atoms with E-state index in [0.29, 0.717) is 5.76 Å². The van der Waals surface area contributed by atoms with Crippen LogP contribution in [-0.4, -0.2) is 5.78 Å². The Kier molecular flexibility index (Phi) is 2.79. The van der Waals surface area contributed by atoms with Crippen molar-refractivity contribution in [3.63, 3.8) is 0 Å². The van der Waals surface area contributed by atoms with Gasteiger partial charge in [-0.2, -0.15) is 0 Å². The first-order chi connectivity index (χ1) is 7.36. The molecule has 0 atom stereocenters. The summed E-state index contributed by atoms with van der Waals surface area (Å²) in [4.78, 5) is 11.5. The second kappa shape index (κ2) is 4.42. The minimum atomic E-state index is -0.121. The molecule has 0 bridgehead atoms. The molecule has 0 N–H and O–H groups in total. The van der Waals surface area contributed by atoms with Gasteiger partial charge in [-0.05, 0) is 23.8 Å². The van der Waals surface area contributed by atoms with E-state index in [-0.39, 0.29) is 5.78 Å². The fraction of sp³-hybridized carbons (Fsp3) is 0. The summed E-state index contributed by atoms with van der Waals surface area (Å²) in [6.07, 6.45) is 4.77. The molecule has 0 aliphatic carbocycles. The lowest BCUT2D eigenvalue weighted by Gasteiger charge is -1.90. The van der Waals surface area contributed by atoms with Crippen LogP contribution in [0.3, 0.4) is 0 Å². The first kappa shape index (κ1) is 9.46. The van der Waals surface area contributed by atoms with Gasteiger partial charge >= 0.3 is 0 Å². The summed E-state index contributed by atoms with van der Waals surface area (Å²) in [5.74, 6) is 0.242. The van der Waals surface area contributed by atoms with Crippen LogP contribution in [0.15, 0.2) is 59.2 Å². The number of furan rings is 1. The van der Waals surface area contributed by atoms with Crippen molar-refractivity contribution in [1.29, 1.82) is 0 Å². The number of carbonyl (C=O) groups excluding carboxylic acids is 1. The Morgan fingerprint density at radius 3 is 2.53 bits per heavy atom. The molecule has 0 spiro atoms. The van der Waals surface area contributed by atoms with E-state index in [4.69, 9.17) is 4.42 Å². The molecule has 0 saturated carbocycles. The molecule has 0 aliphatic rings. The highest BCUT2D eigenvalue weighted by atomic mass is 16.3.